The summed E-state index contributed by atoms with van der Waals surface area (Å²) in [7, 11) is 3.09. The SMILES string of the molecule is CO/C=C/C=C/C(=O)/C=C/C=C/OC. The fraction of sp³-hybridized carbons (Fsp3) is 0.182. The van der Waals surface area contributed by atoms with Crippen LogP contribution in [0.2, 0.25) is 0 Å². The fourth-order valence-electron chi connectivity index (χ4n) is 0.604. The number of carbonyl (C=O) groups is 1. The Morgan fingerprint density at radius 1 is 0.857 bits per heavy atom. The Kier molecular flexibility index (Phi) is 8.14. The maximum absolute atomic E-state index is 11.0. The molecule has 0 spiro atoms. The number of rotatable bonds is 6. The summed E-state index contributed by atoms with van der Waals surface area (Å²) in [5.41, 5.74) is 0. The summed E-state index contributed by atoms with van der Waals surface area (Å²) >= 11 is 0. The summed E-state index contributed by atoms with van der Waals surface area (Å²) < 4.78 is 9.30. The average molecular weight is 194 g/mol. The van der Waals surface area contributed by atoms with E-state index in [2.05, 4.69) is 9.47 Å². The van der Waals surface area contributed by atoms with E-state index in [9.17, 15) is 4.79 Å². The van der Waals surface area contributed by atoms with Gasteiger partial charge in [0.1, 0.15) is 0 Å². The molecule has 0 aliphatic heterocycles. The second kappa shape index (κ2) is 9.32. The highest BCUT2D eigenvalue weighted by Gasteiger charge is 1.83. The summed E-state index contributed by atoms with van der Waals surface area (Å²) in [6.07, 6.45) is 12.3. The second-order valence-corrected chi connectivity index (χ2v) is 2.25. The quantitative estimate of drug-likeness (QED) is 0.368. The monoisotopic (exact) mass is 194 g/mol. The highest BCUT2D eigenvalue weighted by molar-refractivity contribution is 5.99. The summed E-state index contributed by atoms with van der Waals surface area (Å²) in [6.45, 7) is 0. The summed E-state index contributed by atoms with van der Waals surface area (Å²) in [5, 5.41) is 0. The number of methoxy groups -OCH3 is 2. The van der Waals surface area contributed by atoms with Gasteiger partial charge in [-0.2, -0.15) is 0 Å². The standard InChI is InChI=1S/C11H14O3/c1-13-9-5-3-7-11(12)8-4-6-10-14-2/h3-10H,1-2H3/b7-3+,8-4+,9-5+,10-6+. The third-order valence-corrected chi connectivity index (χ3v) is 1.17. The predicted molar refractivity (Wildman–Crippen MR) is 55.6 cm³/mol. The van der Waals surface area contributed by atoms with Crippen LogP contribution in [-0.4, -0.2) is 20.0 Å². The van der Waals surface area contributed by atoms with Gasteiger partial charge in [-0.05, 0) is 24.3 Å². The van der Waals surface area contributed by atoms with Crippen molar-refractivity contribution in [2.24, 2.45) is 0 Å². The molecule has 0 aliphatic rings. The Bertz CT molecular complexity index is 234. The lowest BCUT2D eigenvalue weighted by Crippen LogP contribution is -1.82. The maximum Gasteiger partial charge on any atom is 0.178 e. The van der Waals surface area contributed by atoms with Crippen molar-refractivity contribution in [3.8, 4) is 0 Å². The molecule has 76 valence electrons. The minimum atomic E-state index is -0.0912. The summed E-state index contributed by atoms with van der Waals surface area (Å²) in [4.78, 5) is 11.0. The minimum Gasteiger partial charge on any atom is -0.504 e. The molecule has 14 heavy (non-hydrogen) atoms. The molecule has 0 fully saturated rings. The third-order valence-electron chi connectivity index (χ3n) is 1.17. The van der Waals surface area contributed by atoms with E-state index >= 15 is 0 Å². The molecule has 0 saturated carbocycles. The molecule has 0 aliphatic carbocycles. The van der Waals surface area contributed by atoms with Crippen molar-refractivity contribution in [3.05, 3.63) is 49.0 Å². The number of carbonyl (C=O) groups excluding carboxylic acids is 1. The van der Waals surface area contributed by atoms with Gasteiger partial charge in [-0.1, -0.05) is 12.2 Å². The molecule has 0 aromatic heterocycles. The molecular formula is C11H14O3. The first-order valence-corrected chi connectivity index (χ1v) is 4.07. The van der Waals surface area contributed by atoms with Crippen LogP contribution in [0, 0.1) is 0 Å². The van der Waals surface area contributed by atoms with Gasteiger partial charge >= 0.3 is 0 Å². The van der Waals surface area contributed by atoms with Crippen LogP contribution in [0.25, 0.3) is 0 Å². The fourth-order valence-corrected chi connectivity index (χ4v) is 0.604. The maximum atomic E-state index is 11.0. The Morgan fingerprint density at radius 3 is 1.64 bits per heavy atom. The van der Waals surface area contributed by atoms with Gasteiger partial charge < -0.3 is 9.47 Å². The van der Waals surface area contributed by atoms with Crippen LogP contribution in [0.15, 0.2) is 49.0 Å². The van der Waals surface area contributed by atoms with Gasteiger partial charge in [0.25, 0.3) is 0 Å². The van der Waals surface area contributed by atoms with E-state index in [1.165, 1.54) is 24.7 Å². The van der Waals surface area contributed by atoms with Gasteiger partial charge in [0.05, 0.1) is 26.7 Å². The molecule has 3 heteroatoms. The summed E-state index contributed by atoms with van der Waals surface area (Å²) in [6, 6.07) is 0. The lowest BCUT2D eigenvalue weighted by atomic mass is 10.3. The minimum absolute atomic E-state index is 0.0912. The molecule has 0 bridgehead atoms. The zero-order valence-electron chi connectivity index (χ0n) is 8.34. The van der Waals surface area contributed by atoms with Crippen LogP contribution < -0.4 is 0 Å². The molecule has 0 rings (SSSR count). The molecule has 0 N–H and O–H groups in total. The number of ketones is 1. The van der Waals surface area contributed by atoms with E-state index in [0.29, 0.717) is 0 Å². The van der Waals surface area contributed by atoms with Crippen molar-refractivity contribution in [1.29, 1.82) is 0 Å². The van der Waals surface area contributed by atoms with E-state index < -0.39 is 0 Å². The molecule has 0 amide bonds. The number of allylic oxidation sites excluding steroid dienone is 6. The lowest BCUT2D eigenvalue weighted by Gasteiger charge is -1.83. The van der Waals surface area contributed by atoms with Gasteiger partial charge in [-0.15, -0.1) is 0 Å². The van der Waals surface area contributed by atoms with Gasteiger partial charge in [0, 0.05) is 0 Å². The molecular weight excluding hydrogens is 180 g/mol. The van der Waals surface area contributed by atoms with E-state index in [1.54, 1.807) is 38.5 Å². The first kappa shape index (κ1) is 12.2. The van der Waals surface area contributed by atoms with Crippen molar-refractivity contribution in [1.82, 2.24) is 0 Å². The topological polar surface area (TPSA) is 35.5 Å². The Labute approximate surface area is 84.0 Å². The highest BCUT2D eigenvalue weighted by atomic mass is 16.5. The zero-order chi connectivity index (χ0) is 10.6. The van der Waals surface area contributed by atoms with Crippen molar-refractivity contribution >= 4 is 5.78 Å². The van der Waals surface area contributed by atoms with Crippen LogP contribution in [0.4, 0.5) is 0 Å². The van der Waals surface area contributed by atoms with Crippen LogP contribution >= 0.6 is 0 Å². The van der Waals surface area contributed by atoms with Gasteiger partial charge in [0.15, 0.2) is 5.78 Å². The second-order valence-electron chi connectivity index (χ2n) is 2.25. The van der Waals surface area contributed by atoms with Crippen LogP contribution in [-0.2, 0) is 14.3 Å². The largest absolute Gasteiger partial charge is 0.504 e. The first-order chi connectivity index (χ1) is 6.81. The summed E-state index contributed by atoms with van der Waals surface area (Å²) in [5.74, 6) is -0.0912. The molecule has 3 nitrogen and oxygen atoms in total. The Balaban J connectivity index is 3.85. The van der Waals surface area contributed by atoms with Gasteiger partial charge in [0.2, 0.25) is 0 Å². The first-order valence-electron chi connectivity index (χ1n) is 4.07. The molecule has 0 heterocycles. The normalized spacial score (nSPS) is 12.1. The van der Waals surface area contributed by atoms with Crippen molar-refractivity contribution in [2.75, 3.05) is 14.2 Å². The number of hydrogen-bond donors (Lipinski definition) is 0. The molecule has 0 aromatic rings. The van der Waals surface area contributed by atoms with E-state index in [0.717, 1.165) is 0 Å². The van der Waals surface area contributed by atoms with Crippen molar-refractivity contribution < 1.29 is 14.3 Å². The van der Waals surface area contributed by atoms with Crippen molar-refractivity contribution in [3.63, 3.8) is 0 Å². The zero-order valence-corrected chi connectivity index (χ0v) is 8.34. The predicted octanol–water partition coefficient (Wildman–Crippen LogP) is 1.99. The molecule has 0 aromatic carbocycles. The Hall–Kier alpha value is -1.77. The smallest absolute Gasteiger partial charge is 0.178 e. The van der Waals surface area contributed by atoms with Crippen LogP contribution in [0.3, 0.4) is 0 Å². The average Bonchev–Trinajstić information content (AvgIpc) is 2.19. The van der Waals surface area contributed by atoms with Gasteiger partial charge in [-0.3, -0.25) is 4.79 Å². The van der Waals surface area contributed by atoms with Crippen molar-refractivity contribution in [2.45, 2.75) is 0 Å². The number of ether oxygens (including phenoxy) is 2. The Morgan fingerprint density at radius 2 is 1.29 bits per heavy atom. The van der Waals surface area contributed by atoms with E-state index in [4.69, 9.17) is 0 Å². The highest BCUT2D eigenvalue weighted by Crippen LogP contribution is 1.84. The molecule has 0 saturated heterocycles. The van der Waals surface area contributed by atoms with E-state index in [1.807, 2.05) is 0 Å². The molecule has 0 radical (unpaired) electrons. The van der Waals surface area contributed by atoms with Crippen LogP contribution in [0.5, 0.6) is 0 Å². The van der Waals surface area contributed by atoms with E-state index in [-0.39, 0.29) is 5.78 Å². The number of hydrogen-bond acceptors (Lipinski definition) is 3. The van der Waals surface area contributed by atoms with Crippen LogP contribution in [0.1, 0.15) is 0 Å². The molecule has 0 unspecified atom stereocenters. The molecule has 0 atom stereocenters. The van der Waals surface area contributed by atoms with Gasteiger partial charge in [-0.25, -0.2) is 0 Å². The lowest BCUT2D eigenvalue weighted by molar-refractivity contribution is -0.110. The third kappa shape index (κ3) is 8.33.